The molecule has 1 unspecified atom stereocenters. The van der Waals surface area contributed by atoms with Crippen molar-refractivity contribution in [1.29, 1.82) is 0 Å². The lowest BCUT2D eigenvalue weighted by Crippen LogP contribution is -2.17. The first kappa shape index (κ1) is 18.9. The zero-order valence-corrected chi connectivity index (χ0v) is 17.5. The molecule has 0 radical (unpaired) electrons. The number of esters is 1. The maximum atomic E-state index is 12.9. The highest BCUT2D eigenvalue weighted by Gasteiger charge is 2.24. The van der Waals surface area contributed by atoms with E-state index in [0.717, 1.165) is 28.5 Å². The second-order valence-corrected chi connectivity index (χ2v) is 7.72. The van der Waals surface area contributed by atoms with Gasteiger partial charge in [-0.05, 0) is 75.9 Å². The third kappa shape index (κ3) is 3.78. The Balaban J connectivity index is 1.95. The van der Waals surface area contributed by atoms with Gasteiger partial charge in [0.2, 0.25) is 0 Å². The number of carbonyl (C=O) groups is 1. The fourth-order valence-corrected chi connectivity index (χ4v) is 4.04. The number of halogens is 1. The summed E-state index contributed by atoms with van der Waals surface area (Å²) in [7, 11) is 0. The van der Waals surface area contributed by atoms with Crippen LogP contribution in [-0.2, 0) is 16.1 Å². The molecule has 0 aliphatic rings. The summed E-state index contributed by atoms with van der Waals surface area (Å²) in [6.07, 6.45) is 0.720. The first-order valence-corrected chi connectivity index (χ1v) is 9.99. The summed E-state index contributed by atoms with van der Waals surface area (Å²) in [5, 5.41) is 2.36. The lowest BCUT2D eigenvalue weighted by atomic mass is 9.87. The second-order valence-electron chi connectivity index (χ2n) is 6.64. The monoisotopic (exact) mass is 458 g/mol. The zero-order chi connectivity index (χ0) is 18.7. The molecule has 3 rings (SSSR count). The van der Waals surface area contributed by atoms with Crippen LogP contribution in [0.5, 0.6) is 0 Å². The average molecular weight is 458 g/mol. The molecule has 2 nitrogen and oxygen atoms in total. The molecule has 134 valence electrons. The second kappa shape index (κ2) is 8.21. The summed E-state index contributed by atoms with van der Waals surface area (Å²) < 4.78 is 6.90. The molecular formula is C23H23IO2. The Kier molecular flexibility index (Phi) is 5.97. The highest BCUT2D eigenvalue weighted by Crippen LogP contribution is 2.35. The van der Waals surface area contributed by atoms with E-state index in [9.17, 15) is 4.79 Å². The van der Waals surface area contributed by atoms with Gasteiger partial charge in [-0.3, -0.25) is 4.79 Å². The smallest absolute Gasteiger partial charge is 0.313 e. The van der Waals surface area contributed by atoms with Gasteiger partial charge in [-0.2, -0.15) is 0 Å². The van der Waals surface area contributed by atoms with Crippen molar-refractivity contribution in [1.82, 2.24) is 0 Å². The van der Waals surface area contributed by atoms with E-state index in [0.29, 0.717) is 6.61 Å². The fourth-order valence-electron chi connectivity index (χ4n) is 3.39. The van der Waals surface area contributed by atoms with Gasteiger partial charge in [0, 0.05) is 3.57 Å². The Hall–Kier alpha value is -1.88. The number of benzene rings is 3. The average Bonchev–Trinajstić information content (AvgIpc) is 2.66. The summed E-state index contributed by atoms with van der Waals surface area (Å²) in [4.78, 5) is 12.9. The molecular weight excluding hydrogens is 435 g/mol. The van der Waals surface area contributed by atoms with Crippen molar-refractivity contribution >= 4 is 39.3 Å². The maximum Gasteiger partial charge on any atom is 0.313 e. The van der Waals surface area contributed by atoms with E-state index in [4.69, 9.17) is 4.74 Å². The lowest BCUT2D eigenvalue weighted by Gasteiger charge is -2.20. The van der Waals surface area contributed by atoms with E-state index in [1.165, 1.54) is 14.5 Å². The molecule has 1 atom stereocenters. The zero-order valence-electron chi connectivity index (χ0n) is 15.4. The van der Waals surface area contributed by atoms with E-state index < -0.39 is 0 Å². The van der Waals surface area contributed by atoms with E-state index in [-0.39, 0.29) is 11.9 Å². The minimum Gasteiger partial charge on any atom is -0.460 e. The largest absolute Gasteiger partial charge is 0.460 e. The molecule has 0 saturated heterocycles. The first-order valence-electron chi connectivity index (χ1n) is 8.91. The Morgan fingerprint density at radius 1 is 0.962 bits per heavy atom. The minimum atomic E-state index is -0.249. The fraction of sp³-hybridized carbons (Fsp3) is 0.261. The van der Waals surface area contributed by atoms with Gasteiger partial charge >= 0.3 is 5.97 Å². The van der Waals surface area contributed by atoms with Crippen LogP contribution in [0.15, 0.2) is 54.6 Å². The lowest BCUT2D eigenvalue weighted by molar-refractivity contribution is -0.146. The van der Waals surface area contributed by atoms with Gasteiger partial charge in [0.15, 0.2) is 0 Å². The van der Waals surface area contributed by atoms with Gasteiger partial charge in [0.25, 0.3) is 0 Å². The van der Waals surface area contributed by atoms with Crippen LogP contribution in [0.3, 0.4) is 0 Å². The predicted octanol–water partition coefficient (Wildman–Crippen LogP) is 6.30. The van der Waals surface area contributed by atoms with Crippen LogP contribution < -0.4 is 0 Å². The third-order valence-electron chi connectivity index (χ3n) is 4.85. The molecule has 0 saturated carbocycles. The van der Waals surface area contributed by atoms with Crippen LogP contribution in [-0.4, -0.2) is 5.97 Å². The number of aryl methyl sites for hydroxylation is 2. The van der Waals surface area contributed by atoms with Gasteiger partial charge < -0.3 is 4.74 Å². The molecule has 0 amide bonds. The molecule has 0 aromatic heterocycles. The number of fused-ring (bicyclic) bond motifs is 1. The van der Waals surface area contributed by atoms with Crippen molar-refractivity contribution in [2.45, 2.75) is 39.7 Å². The highest BCUT2D eigenvalue weighted by atomic mass is 127. The van der Waals surface area contributed by atoms with E-state index >= 15 is 0 Å². The van der Waals surface area contributed by atoms with Gasteiger partial charge in [-0.1, -0.05) is 61.5 Å². The van der Waals surface area contributed by atoms with Crippen molar-refractivity contribution in [3.63, 3.8) is 0 Å². The summed E-state index contributed by atoms with van der Waals surface area (Å²) in [5.74, 6) is -0.400. The van der Waals surface area contributed by atoms with Gasteiger partial charge in [-0.15, -0.1) is 0 Å². The van der Waals surface area contributed by atoms with Crippen molar-refractivity contribution in [2.75, 3.05) is 0 Å². The Bertz CT molecular complexity index is 932. The van der Waals surface area contributed by atoms with Crippen molar-refractivity contribution in [3.05, 3.63) is 80.4 Å². The molecule has 3 heteroatoms. The van der Waals surface area contributed by atoms with Crippen LogP contribution in [0, 0.1) is 17.4 Å². The van der Waals surface area contributed by atoms with Crippen molar-refractivity contribution in [3.8, 4) is 0 Å². The predicted molar refractivity (Wildman–Crippen MR) is 115 cm³/mol. The topological polar surface area (TPSA) is 26.3 Å². The molecule has 0 N–H and O–H groups in total. The molecule has 0 aliphatic heterocycles. The van der Waals surface area contributed by atoms with Crippen molar-refractivity contribution in [2.24, 2.45) is 0 Å². The third-order valence-corrected chi connectivity index (χ3v) is 6.28. The molecule has 0 fully saturated rings. The Labute approximate surface area is 168 Å². The number of carbonyl (C=O) groups excluding carboxylic acids is 1. The van der Waals surface area contributed by atoms with E-state index in [2.05, 4.69) is 60.7 Å². The SMILES string of the molecule is CCC(C(=O)OCc1ccccc1)c1c(C)ccc2c(I)c(C)ccc12. The molecule has 0 heterocycles. The van der Waals surface area contributed by atoms with Gasteiger partial charge in [0.1, 0.15) is 6.61 Å². The van der Waals surface area contributed by atoms with Crippen LogP contribution in [0.25, 0.3) is 10.8 Å². The molecule has 0 spiro atoms. The molecule has 3 aromatic carbocycles. The molecule has 0 aliphatic carbocycles. The normalized spacial score (nSPS) is 12.2. The number of hydrogen-bond acceptors (Lipinski definition) is 2. The summed E-state index contributed by atoms with van der Waals surface area (Å²) >= 11 is 2.39. The maximum absolute atomic E-state index is 12.9. The molecule has 0 bridgehead atoms. The summed E-state index contributed by atoms with van der Waals surface area (Å²) in [5.41, 5.74) is 4.50. The van der Waals surface area contributed by atoms with Gasteiger partial charge in [0.05, 0.1) is 5.92 Å². The number of hydrogen-bond donors (Lipinski definition) is 0. The first-order chi connectivity index (χ1) is 12.5. The highest BCUT2D eigenvalue weighted by molar-refractivity contribution is 14.1. The van der Waals surface area contributed by atoms with Gasteiger partial charge in [-0.25, -0.2) is 0 Å². The van der Waals surface area contributed by atoms with Crippen LogP contribution in [0.4, 0.5) is 0 Å². The molecule has 3 aromatic rings. The van der Waals surface area contributed by atoms with Crippen LogP contribution >= 0.6 is 22.6 Å². The quantitative estimate of drug-likeness (QED) is 0.332. The minimum absolute atomic E-state index is 0.150. The van der Waals surface area contributed by atoms with Crippen LogP contribution in [0.1, 0.15) is 41.5 Å². The van der Waals surface area contributed by atoms with Crippen LogP contribution in [0.2, 0.25) is 0 Å². The standard InChI is InChI=1S/C23H23IO2/c1-4-18(23(25)26-14-17-8-6-5-7-9-17)21-15(2)10-13-20-19(21)12-11-16(3)22(20)24/h5-13,18H,4,14H2,1-3H3. The Morgan fingerprint density at radius 3 is 2.31 bits per heavy atom. The van der Waals surface area contributed by atoms with E-state index in [1.807, 2.05) is 37.3 Å². The van der Waals surface area contributed by atoms with Crippen molar-refractivity contribution < 1.29 is 9.53 Å². The molecule has 26 heavy (non-hydrogen) atoms. The summed E-state index contributed by atoms with van der Waals surface area (Å²) in [6, 6.07) is 18.4. The van der Waals surface area contributed by atoms with E-state index in [1.54, 1.807) is 0 Å². The summed E-state index contributed by atoms with van der Waals surface area (Å²) in [6.45, 7) is 6.56. The number of ether oxygens (including phenoxy) is 1. The number of rotatable bonds is 5. The Morgan fingerprint density at radius 2 is 1.62 bits per heavy atom.